The molecule has 0 aromatic rings. The van der Waals surface area contributed by atoms with Crippen LogP contribution in [0.15, 0.2) is 0 Å². The Bertz CT molecular complexity index is 331. The van der Waals surface area contributed by atoms with Crippen LogP contribution in [-0.4, -0.2) is 33.2 Å². The van der Waals surface area contributed by atoms with E-state index in [1.807, 2.05) is 0 Å². The van der Waals surface area contributed by atoms with Gasteiger partial charge in [-0.2, -0.15) is 0 Å². The summed E-state index contributed by atoms with van der Waals surface area (Å²) in [5.41, 5.74) is 0. The Balaban J connectivity index is -0.000000174. The maximum atomic E-state index is 10.0. The van der Waals surface area contributed by atoms with Crippen LogP contribution in [-0.2, 0) is 31.5 Å². The fourth-order valence-electron chi connectivity index (χ4n) is 2.64. The van der Waals surface area contributed by atoms with Crippen LogP contribution in [0.4, 0.5) is 0 Å². The van der Waals surface area contributed by atoms with Gasteiger partial charge in [0.2, 0.25) is 0 Å². The van der Waals surface area contributed by atoms with E-state index in [9.17, 15) is 14.4 Å². The Labute approximate surface area is 201 Å². The molecule has 0 aliphatic rings. The third-order valence-corrected chi connectivity index (χ3v) is 4.48. The van der Waals surface area contributed by atoms with Crippen molar-refractivity contribution in [2.24, 2.45) is 0 Å². The number of carbonyl (C=O) groups is 3. The summed E-state index contributed by atoms with van der Waals surface area (Å²) >= 11 is 0. The quantitative estimate of drug-likeness (QED) is 0.138. The standard InChI is InChI=1S/3C8H16O2.Fe/c3*1-2-3-4-5-6-7-8(9)10;/h3*2-7H2,1H3,(H,9,10);. The minimum absolute atomic E-state index is 0. The minimum Gasteiger partial charge on any atom is -0.481 e. The number of rotatable bonds is 18. The van der Waals surface area contributed by atoms with Crippen molar-refractivity contribution in [3.05, 3.63) is 0 Å². The third-order valence-electron chi connectivity index (χ3n) is 4.48. The number of unbranched alkanes of at least 4 members (excludes halogenated alkanes) is 12. The van der Waals surface area contributed by atoms with Crippen LogP contribution in [0.25, 0.3) is 0 Å². The van der Waals surface area contributed by atoms with Crippen molar-refractivity contribution in [3.8, 4) is 0 Å². The molecule has 6 nitrogen and oxygen atoms in total. The first-order valence-electron chi connectivity index (χ1n) is 12.0. The van der Waals surface area contributed by atoms with E-state index in [4.69, 9.17) is 15.3 Å². The molecule has 0 atom stereocenters. The Kier molecular flexibility index (Phi) is 40.3. The summed E-state index contributed by atoms with van der Waals surface area (Å²) in [4.78, 5) is 30.1. The largest absolute Gasteiger partial charge is 0.481 e. The first kappa shape index (κ1) is 37.3. The van der Waals surface area contributed by atoms with Crippen molar-refractivity contribution in [3.63, 3.8) is 0 Å². The van der Waals surface area contributed by atoms with Gasteiger partial charge in [-0.1, -0.05) is 97.8 Å². The summed E-state index contributed by atoms with van der Waals surface area (Å²) in [6.45, 7) is 6.45. The SMILES string of the molecule is CCCCCCCC(=O)O.CCCCCCCC(=O)O.CCCCCCCC(=O)O.[Fe]. The van der Waals surface area contributed by atoms with Crippen LogP contribution in [0.1, 0.15) is 136 Å². The normalized spacial score (nSPS) is 9.39. The first-order valence-corrected chi connectivity index (χ1v) is 12.0. The third kappa shape index (κ3) is 52.8. The monoisotopic (exact) mass is 488 g/mol. The van der Waals surface area contributed by atoms with Crippen LogP contribution >= 0.6 is 0 Å². The van der Waals surface area contributed by atoms with Gasteiger partial charge < -0.3 is 15.3 Å². The van der Waals surface area contributed by atoms with E-state index in [-0.39, 0.29) is 17.1 Å². The molecule has 0 aromatic heterocycles. The number of carboxylic acid groups (broad SMARTS) is 3. The minimum atomic E-state index is -0.670. The number of aliphatic carboxylic acids is 3. The zero-order valence-corrected chi connectivity index (χ0v) is 21.3. The maximum Gasteiger partial charge on any atom is 0.303 e. The van der Waals surface area contributed by atoms with Gasteiger partial charge in [0, 0.05) is 36.3 Å². The van der Waals surface area contributed by atoms with E-state index >= 15 is 0 Å². The van der Waals surface area contributed by atoms with Gasteiger partial charge in [-0.3, -0.25) is 14.4 Å². The average molecular weight is 488 g/mol. The van der Waals surface area contributed by atoms with Crippen molar-refractivity contribution in [1.82, 2.24) is 0 Å². The molecule has 0 bridgehead atoms. The Morgan fingerprint density at radius 2 is 0.613 bits per heavy atom. The van der Waals surface area contributed by atoms with Crippen molar-refractivity contribution < 1.29 is 46.8 Å². The summed E-state index contributed by atoms with van der Waals surface area (Å²) < 4.78 is 0. The summed E-state index contributed by atoms with van der Waals surface area (Å²) in [5.74, 6) is -2.01. The first-order chi connectivity index (χ1) is 14.3. The zero-order valence-electron chi connectivity index (χ0n) is 20.1. The molecule has 0 unspecified atom stereocenters. The zero-order chi connectivity index (χ0) is 23.5. The average Bonchev–Trinajstić information content (AvgIpc) is 2.68. The molecule has 7 heteroatoms. The number of hydrogen-bond donors (Lipinski definition) is 3. The predicted molar refractivity (Wildman–Crippen MR) is 123 cm³/mol. The topological polar surface area (TPSA) is 112 Å². The van der Waals surface area contributed by atoms with Crippen LogP contribution in [0.2, 0.25) is 0 Å². The van der Waals surface area contributed by atoms with Crippen LogP contribution < -0.4 is 0 Å². The van der Waals surface area contributed by atoms with Gasteiger partial charge in [-0.05, 0) is 19.3 Å². The Hall–Kier alpha value is -1.07. The molecule has 0 amide bonds. The van der Waals surface area contributed by atoms with Crippen molar-refractivity contribution in [2.45, 2.75) is 136 Å². The molecular weight excluding hydrogens is 440 g/mol. The van der Waals surface area contributed by atoms with Gasteiger partial charge in [-0.25, -0.2) is 0 Å². The smallest absolute Gasteiger partial charge is 0.303 e. The molecule has 0 aromatic carbocycles. The van der Waals surface area contributed by atoms with E-state index in [2.05, 4.69) is 20.8 Å². The van der Waals surface area contributed by atoms with Crippen molar-refractivity contribution in [2.75, 3.05) is 0 Å². The fourth-order valence-corrected chi connectivity index (χ4v) is 2.64. The molecule has 0 rings (SSSR count). The fraction of sp³-hybridized carbons (Fsp3) is 0.875. The second kappa shape index (κ2) is 33.6. The molecule has 3 N–H and O–H groups in total. The van der Waals surface area contributed by atoms with Gasteiger partial charge in [0.1, 0.15) is 0 Å². The van der Waals surface area contributed by atoms with Gasteiger partial charge in [0.15, 0.2) is 0 Å². The molecule has 0 heterocycles. The maximum absolute atomic E-state index is 10.0. The van der Waals surface area contributed by atoms with E-state index in [1.54, 1.807) is 0 Å². The van der Waals surface area contributed by atoms with Gasteiger partial charge in [-0.15, -0.1) is 0 Å². The van der Waals surface area contributed by atoms with Crippen molar-refractivity contribution in [1.29, 1.82) is 0 Å². The summed E-state index contributed by atoms with van der Waals surface area (Å²) in [7, 11) is 0. The van der Waals surface area contributed by atoms with E-state index < -0.39 is 17.9 Å². The van der Waals surface area contributed by atoms with Gasteiger partial charge >= 0.3 is 17.9 Å². The molecule has 0 aliphatic carbocycles. The van der Waals surface area contributed by atoms with Crippen LogP contribution in [0.5, 0.6) is 0 Å². The van der Waals surface area contributed by atoms with Gasteiger partial charge in [0.25, 0.3) is 0 Å². The number of hydrogen-bond acceptors (Lipinski definition) is 3. The van der Waals surface area contributed by atoms with Gasteiger partial charge in [0.05, 0.1) is 0 Å². The van der Waals surface area contributed by atoms with E-state index in [0.717, 1.165) is 38.5 Å². The van der Waals surface area contributed by atoms with Crippen LogP contribution in [0.3, 0.4) is 0 Å². The second-order valence-corrected chi connectivity index (χ2v) is 7.67. The molecule has 0 radical (unpaired) electrons. The van der Waals surface area contributed by atoms with Crippen molar-refractivity contribution >= 4 is 17.9 Å². The van der Waals surface area contributed by atoms with E-state index in [1.165, 1.54) is 57.8 Å². The van der Waals surface area contributed by atoms with Crippen LogP contribution in [0, 0.1) is 0 Å². The molecule has 0 saturated carbocycles. The summed E-state index contributed by atoms with van der Waals surface area (Å²) in [6.07, 6.45) is 17.7. The number of carboxylic acids is 3. The molecule has 188 valence electrons. The molecular formula is C24H48FeO6. The second-order valence-electron chi connectivity index (χ2n) is 7.67. The predicted octanol–water partition coefficient (Wildman–Crippen LogP) is 7.29. The summed E-state index contributed by atoms with van der Waals surface area (Å²) in [6, 6.07) is 0. The molecule has 0 spiro atoms. The summed E-state index contributed by atoms with van der Waals surface area (Å²) in [5, 5.41) is 24.8. The Morgan fingerprint density at radius 3 is 0.774 bits per heavy atom. The Morgan fingerprint density at radius 1 is 0.419 bits per heavy atom. The molecule has 0 saturated heterocycles. The molecule has 31 heavy (non-hydrogen) atoms. The molecule has 0 aliphatic heterocycles. The van der Waals surface area contributed by atoms with E-state index in [0.29, 0.717) is 19.3 Å². The molecule has 0 fully saturated rings.